The number of carbonyl (C=O) groups is 5. The molecule has 836 valence electrons. The molecule has 5 amide bonds. The predicted molar refractivity (Wildman–Crippen MR) is 505 cm³/mol. The van der Waals surface area contributed by atoms with Crippen molar-refractivity contribution >= 4 is 97.1 Å². The topological polar surface area (TPSA) is 454 Å². The Hall–Kier alpha value is -10.2. The van der Waals surface area contributed by atoms with Gasteiger partial charge in [0.05, 0.1) is 0 Å². The largest absolute Gasteiger partial charge is 0.444 e. The fourth-order valence-electron chi connectivity index (χ4n) is 16.1. The van der Waals surface area contributed by atoms with Crippen LogP contribution in [0.2, 0.25) is 5.15 Å². The third-order valence-electron chi connectivity index (χ3n) is 24.0. The molecule has 5 aliphatic rings. The molecule has 5 saturated heterocycles. The molecule has 0 radical (unpaired) electrons. The highest BCUT2D eigenvalue weighted by Gasteiger charge is 2.56. The maximum absolute atomic E-state index is 15.5. The van der Waals surface area contributed by atoms with Crippen LogP contribution >= 0.6 is 11.6 Å². The molecular formula is C89H127ClF15N17O21S5. The quantitative estimate of drug-likeness (QED) is 0.0470. The van der Waals surface area contributed by atoms with Crippen molar-refractivity contribution in [2.45, 2.75) is 280 Å². The summed E-state index contributed by atoms with van der Waals surface area (Å²) in [7, 11) is -17.1. The molecule has 6 aromatic heterocycles. The van der Waals surface area contributed by atoms with Crippen LogP contribution in [0.15, 0.2) is 96.4 Å². The van der Waals surface area contributed by atoms with Gasteiger partial charge in [0.15, 0.2) is 5.82 Å². The van der Waals surface area contributed by atoms with Gasteiger partial charge in [-0.1, -0.05) is 35.0 Å². The third-order valence-corrected chi connectivity index (χ3v) is 35.6. The number of benzene rings is 1. The van der Waals surface area contributed by atoms with Crippen LogP contribution in [0.1, 0.15) is 236 Å². The standard InChI is InChI=1S/3C17H26F3N3O4S.C16H23ClF3N3O4S.C12H18F3N3O2S.C10H8N2O3/c3*1-16(2,3)27-15(24)23-8-6-11(7-9-23)17(4,20)28(25,26)12-10-22(5)21-13(12)14(18)19;1-16(2,3)27-15(24)23-7-5-9(6-8-23)14(20)28(25,26)11-10(13(18)19)21-22(4)12(11)17;1-12(15,8-3-5-16-6-4-8)21(19,20)9-7-18(2)17-10(9)11(13)14;13-10(11-9-6-7-14-12-9)15-8-4-2-1-3-5-8/h3*10-11,14H,6-9H2,1-5H3;9,13-14H,5-8H2,1-4H3;7-8,11,16H,3-6H2,1-2H3;1-7H,(H,11,12,13)/t17-;;;;12-;/m1...1./s1. The molecule has 5 atom stereocenters. The van der Waals surface area contributed by atoms with Gasteiger partial charge in [-0.3, -0.25) is 28.7 Å². The van der Waals surface area contributed by atoms with E-state index in [0.29, 0.717) is 37.5 Å². The van der Waals surface area contributed by atoms with Gasteiger partial charge < -0.3 is 53.1 Å². The zero-order valence-electron chi connectivity index (χ0n) is 85.2. The number of hydrogen-bond donors (Lipinski definition) is 2. The summed E-state index contributed by atoms with van der Waals surface area (Å²) < 4.78 is 370. The number of carbonyl (C=O) groups excluding carboxylic acids is 5. The maximum Gasteiger partial charge on any atom is 0.418 e. The number of anilines is 1. The molecule has 3 unspecified atom stereocenters. The number of aromatic nitrogens is 11. The first-order valence-corrected chi connectivity index (χ1v) is 54.1. The van der Waals surface area contributed by atoms with E-state index in [1.54, 1.807) is 107 Å². The van der Waals surface area contributed by atoms with Gasteiger partial charge in [0.2, 0.25) is 74.7 Å². The molecule has 0 aliphatic carbocycles. The normalized spacial score (nSPS) is 18.0. The second kappa shape index (κ2) is 49.0. The Morgan fingerprint density at radius 1 is 0.392 bits per heavy atom. The molecule has 0 saturated carbocycles. The lowest BCUT2D eigenvalue weighted by atomic mass is 9.92. The lowest BCUT2D eigenvalue weighted by Gasteiger charge is -2.37. The van der Waals surface area contributed by atoms with E-state index in [-0.39, 0.29) is 104 Å². The fourth-order valence-corrected chi connectivity index (χ4v) is 25.6. The molecule has 2 N–H and O–H groups in total. The van der Waals surface area contributed by atoms with Crippen molar-refractivity contribution in [1.29, 1.82) is 0 Å². The third kappa shape index (κ3) is 31.3. The van der Waals surface area contributed by atoms with Crippen LogP contribution in [0.3, 0.4) is 0 Å². The Balaban J connectivity index is 0.000000243. The molecule has 38 nitrogen and oxygen atoms in total. The van der Waals surface area contributed by atoms with Gasteiger partial charge >= 0.3 is 30.5 Å². The molecule has 0 spiro atoms. The molecular weight excluding hydrogens is 2120 g/mol. The molecule has 5 fully saturated rings. The summed E-state index contributed by atoms with van der Waals surface area (Å²) in [4.78, 5) is 61.1. The minimum absolute atomic E-state index is 0.0432. The number of likely N-dealkylation sites (tertiary alicyclic amines) is 4. The first-order valence-electron chi connectivity index (χ1n) is 46.2. The van der Waals surface area contributed by atoms with Crippen molar-refractivity contribution in [1.82, 2.24) is 79.0 Å². The number of amides is 5. The summed E-state index contributed by atoms with van der Waals surface area (Å²) in [5.74, 6) is -3.78. The Bertz CT molecular complexity index is 5930. The van der Waals surface area contributed by atoms with Gasteiger partial charge in [-0.05, 0) is 200 Å². The van der Waals surface area contributed by atoms with Gasteiger partial charge in [0.1, 0.15) is 92.5 Å². The zero-order chi connectivity index (χ0) is 112. The van der Waals surface area contributed by atoms with Gasteiger partial charge in [0.25, 0.3) is 32.1 Å². The minimum atomic E-state index is -4.79. The monoisotopic (exact) mass is 2250 g/mol. The first kappa shape index (κ1) is 125. The van der Waals surface area contributed by atoms with Gasteiger partial charge in [-0.15, -0.1) is 0 Å². The Morgan fingerprint density at radius 3 is 0.905 bits per heavy atom. The van der Waals surface area contributed by atoms with Gasteiger partial charge in [-0.25, -0.2) is 132 Å². The molecule has 1 aromatic carbocycles. The minimum Gasteiger partial charge on any atom is -0.444 e. The molecule has 148 heavy (non-hydrogen) atoms. The van der Waals surface area contributed by atoms with Crippen molar-refractivity contribution in [3.05, 3.63) is 101 Å². The van der Waals surface area contributed by atoms with Crippen molar-refractivity contribution in [3.63, 3.8) is 0 Å². The number of nitrogens with one attached hydrogen (secondary N) is 2. The van der Waals surface area contributed by atoms with Crippen LogP contribution in [0.4, 0.5) is 95.6 Å². The summed E-state index contributed by atoms with van der Waals surface area (Å²) in [6.07, 6.45) is -12.4. The van der Waals surface area contributed by atoms with Crippen molar-refractivity contribution in [2.75, 3.05) is 70.8 Å². The van der Waals surface area contributed by atoms with Crippen LogP contribution in [0, 0.1) is 29.6 Å². The SMILES string of the molecule is Cn1cc(S(=O)(=O)C(C)(F)C2CCN(C(=O)OC(C)(C)C)CC2)c(C(F)F)n1.Cn1cc(S(=O)(=O)C(C)(F)C2CCN(C(=O)OC(C)(C)C)CC2)c(C(F)F)n1.Cn1cc(S(=O)(=O)[C@@](C)(F)C2CCN(C(=O)OC(C)(C)C)CC2)c(C(F)F)n1.Cn1cc(S(=O)(=O)[C@@](C)(F)C2CCNCC2)c(C(F)F)n1.Cn1nc(C(F)F)c(S(=O)(=O)C(F)C2CCN(C(=O)OC(C)(C)C)CC2)c1Cl.O=C(Nc1ccon1)Oc1ccccc1. The maximum atomic E-state index is 15.5. The number of hydrogen-bond acceptors (Lipinski definition) is 28. The van der Waals surface area contributed by atoms with E-state index in [9.17, 15) is 119 Å². The zero-order valence-corrected chi connectivity index (χ0v) is 90.1. The summed E-state index contributed by atoms with van der Waals surface area (Å²) in [6.45, 7) is 26.1. The van der Waals surface area contributed by atoms with Crippen molar-refractivity contribution < 1.29 is 160 Å². The fraction of sp³-hybridized carbons (Fsp3) is 0.674. The number of alkyl halides is 15. The van der Waals surface area contributed by atoms with E-state index in [2.05, 4.69) is 45.8 Å². The number of para-hydroxylation sites is 1. The number of halogens is 16. The lowest BCUT2D eigenvalue weighted by molar-refractivity contribution is 0.0121. The lowest BCUT2D eigenvalue weighted by Crippen LogP contribution is -2.48. The highest BCUT2D eigenvalue weighted by molar-refractivity contribution is 7.93. The van der Waals surface area contributed by atoms with E-state index >= 15 is 13.2 Å². The van der Waals surface area contributed by atoms with E-state index in [1.165, 1.54) is 67.2 Å². The number of ether oxygens (including phenoxy) is 5. The molecule has 0 bridgehead atoms. The molecule has 12 rings (SSSR count). The van der Waals surface area contributed by atoms with Crippen LogP contribution in [-0.2, 0) is 103 Å². The highest BCUT2D eigenvalue weighted by Crippen LogP contribution is 2.48. The summed E-state index contributed by atoms with van der Waals surface area (Å²) in [5, 5.41) is 14.6. The van der Waals surface area contributed by atoms with E-state index in [1.807, 2.05) is 6.07 Å². The van der Waals surface area contributed by atoms with Crippen LogP contribution in [-0.4, -0.2) is 260 Å². The Morgan fingerprint density at radius 2 is 0.655 bits per heavy atom. The Labute approximate surface area is 853 Å². The van der Waals surface area contributed by atoms with E-state index in [4.69, 9.17) is 35.3 Å². The predicted octanol–water partition coefficient (Wildman–Crippen LogP) is 18.2. The molecule has 7 aromatic rings. The van der Waals surface area contributed by atoms with Crippen LogP contribution < -0.4 is 15.4 Å². The molecule has 11 heterocycles. The number of aryl methyl sites for hydroxylation is 5. The smallest absolute Gasteiger partial charge is 0.418 e. The second-order valence-electron chi connectivity index (χ2n) is 40.0. The number of sulfone groups is 5. The number of piperidine rings is 5. The van der Waals surface area contributed by atoms with E-state index < -0.39 is 247 Å². The number of rotatable bonds is 22. The van der Waals surface area contributed by atoms with Crippen molar-refractivity contribution in [3.8, 4) is 5.75 Å². The highest BCUT2D eigenvalue weighted by atomic mass is 35.5. The summed E-state index contributed by atoms with van der Waals surface area (Å²) in [5.41, 5.74) is -10.0. The second-order valence-corrected chi connectivity index (χ2v) is 51.2. The van der Waals surface area contributed by atoms with E-state index in [0.717, 1.165) is 75.9 Å². The first-order chi connectivity index (χ1) is 67.8. The summed E-state index contributed by atoms with van der Waals surface area (Å²) in [6, 6.07) is 10.3. The van der Waals surface area contributed by atoms with Crippen LogP contribution in [0.5, 0.6) is 5.75 Å². The van der Waals surface area contributed by atoms with Crippen LogP contribution in [0.25, 0.3) is 0 Å². The van der Waals surface area contributed by atoms with Gasteiger partial charge in [-0.2, -0.15) is 25.5 Å². The summed E-state index contributed by atoms with van der Waals surface area (Å²) >= 11 is 5.80. The molecule has 59 heteroatoms. The average Bonchev–Trinajstić information content (AvgIpc) is 1.48. The van der Waals surface area contributed by atoms with Crippen molar-refractivity contribution in [2.24, 2.45) is 64.8 Å². The molecule has 5 aliphatic heterocycles. The number of nitrogens with zero attached hydrogens (tertiary/aromatic N) is 15. The van der Waals surface area contributed by atoms with Gasteiger partial charge in [0, 0.05) is 148 Å². The Kier molecular flexibility index (Phi) is 41.3. The average molecular weight is 2250 g/mol.